The number of rotatable bonds is 7. The van der Waals surface area contributed by atoms with E-state index in [0.717, 1.165) is 5.56 Å². The van der Waals surface area contributed by atoms with Crippen LogP contribution >= 0.6 is 0 Å². The molecule has 1 saturated heterocycles. The van der Waals surface area contributed by atoms with Gasteiger partial charge in [-0.3, -0.25) is 0 Å². The van der Waals surface area contributed by atoms with Crippen LogP contribution in [-0.2, 0) is 26.1 Å². The highest BCUT2D eigenvalue weighted by Crippen LogP contribution is 2.21. The van der Waals surface area contributed by atoms with E-state index in [1.165, 1.54) is 28.6 Å². The van der Waals surface area contributed by atoms with Crippen molar-refractivity contribution in [3.8, 4) is 5.75 Å². The molecule has 0 amide bonds. The van der Waals surface area contributed by atoms with E-state index in [2.05, 4.69) is 0 Å². The smallest absolute Gasteiger partial charge is 0.338 e. The zero-order valence-electron chi connectivity index (χ0n) is 15.7. The largest absolute Gasteiger partial charge is 0.493 e. The first-order chi connectivity index (χ1) is 13.5. The van der Waals surface area contributed by atoms with Crippen molar-refractivity contribution in [1.29, 1.82) is 0 Å². The zero-order chi connectivity index (χ0) is 20.0. The third-order valence-corrected chi connectivity index (χ3v) is 6.24. The number of carbonyl (C=O) groups is 1. The molecule has 0 aromatic heterocycles. The molecule has 150 valence electrons. The minimum absolute atomic E-state index is 0.0723. The van der Waals surface area contributed by atoms with Crippen LogP contribution < -0.4 is 4.74 Å². The molecule has 0 spiro atoms. The van der Waals surface area contributed by atoms with E-state index in [1.54, 1.807) is 0 Å². The summed E-state index contributed by atoms with van der Waals surface area (Å²) in [7, 11) is -3.59. The monoisotopic (exact) mass is 405 g/mol. The first kappa shape index (κ1) is 20.3. The maximum absolute atomic E-state index is 12.6. The summed E-state index contributed by atoms with van der Waals surface area (Å²) in [6, 6.07) is 13.1. The molecule has 0 radical (unpaired) electrons. The minimum Gasteiger partial charge on any atom is -0.493 e. The highest BCUT2D eigenvalue weighted by molar-refractivity contribution is 7.89. The van der Waals surface area contributed by atoms with Gasteiger partial charge in [-0.1, -0.05) is 18.2 Å². The van der Waals surface area contributed by atoms with Gasteiger partial charge in [-0.05, 0) is 37.3 Å². The Hall–Kier alpha value is -2.42. The summed E-state index contributed by atoms with van der Waals surface area (Å²) in [5.74, 6) is 0.145. The Bertz CT molecular complexity index is 905. The second-order valence-electron chi connectivity index (χ2n) is 6.16. The van der Waals surface area contributed by atoms with E-state index < -0.39 is 16.0 Å². The molecule has 0 bridgehead atoms. The number of nitrogens with zero attached hydrogens (tertiary/aromatic N) is 1. The van der Waals surface area contributed by atoms with E-state index in [1.807, 2.05) is 31.2 Å². The summed E-state index contributed by atoms with van der Waals surface area (Å²) in [5.41, 5.74) is 1.05. The molecular formula is C20H23NO6S. The summed E-state index contributed by atoms with van der Waals surface area (Å²) in [5, 5.41) is 0. The Balaban J connectivity index is 1.65. The van der Waals surface area contributed by atoms with Gasteiger partial charge in [-0.25, -0.2) is 13.2 Å². The fourth-order valence-corrected chi connectivity index (χ4v) is 4.25. The Morgan fingerprint density at radius 2 is 1.75 bits per heavy atom. The molecule has 0 atom stereocenters. The maximum Gasteiger partial charge on any atom is 0.338 e. The highest BCUT2D eigenvalue weighted by Gasteiger charge is 2.26. The van der Waals surface area contributed by atoms with Crippen LogP contribution in [0.4, 0.5) is 0 Å². The van der Waals surface area contributed by atoms with E-state index in [9.17, 15) is 13.2 Å². The fourth-order valence-electron chi connectivity index (χ4n) is 2.85. The first-order valence-electron chi connectivity index (χ1n) is 9.08. The molecule has 3 rings (SSSR count). The Morgan fingerprint density at radius 1 is 1.07 bits per heavy atom. The van der Waals surface area contributed by atoms with Gasteiger partial charge < -0.3 is 14.2 Å². The number of esters is 1. The van der Waals surface area contributed by atoms with E-state index in [0.29, 0.717) is 38.7 Å². The molecule has 0 N–H and O–H groups in total. The molecule has 8 heteroatoms. The Labute approximate surface area is 164 Å². The lowest BCUT2D eigenvalue weighted by Gasteiger charge is -2.26. The molecule has 1 aliphatic heterocycles. The number of hydrogen-bond donors (Lipinski definition) is 0. The molecule has 1 heterocycles. The lowest BCUT2D eigenvalue weighted by Crippen LogP contribution is -2.40. The van der Waals surface area contributed by atoms with Crippen molar-refractivity contribution in [1.82, 2.24) is 4.31 Å². The van der Waals surface area contributed by atoms with E-state index in [-0.39, 0.29) is 17.1 Å². The number of para-hydroxylation sites is 1. The predicted molar refractivity (Wildman–Crippen MR) is 103 cm³/mol. The van der Waals surface area contributed by atoms with Gasteiger partial charge in [0.2, 0.25) is 10.0 Å². The lowest BCUT2D eigenvalue weighted by molar-refractivity contribution is 0.0469. The van der Waals surface area contributed by atoms with Crippen molar-refractivity contribution < 1.29 is 27.4 Å². The first-order valence-corrected chi connectivity index (χ1v) is 10.5. The van der Waals surface area contributed by atoms with Gasteiger partial charge in [0.25, 0.3) is 0 Å². The van der Waals surface area contributed by atoms with Gasteiger partial charge in [-0.15, -0.1) is 0 Å². The van der Waals surface area contributed by atoms with Crippen LogP contribution in [0.1, 0.15) is 22.8 Å². The summed E-state index contributed by atoms with van der Waals surface area (Å²) >= 11 is 0. The fraction of sp³-hybridized carbons (Fsp3) is 0.350. The van der Waals surface area contributed by atoms with Crippen LogP contribution in [0, 0.1) is 0 Å². The van der Waals surface area contributed by atoms with Crippen LogP contribution in [0.3, 0.4) is 0 Å². The van der Waals surface area contributed by atoms with Crippen molar-refractivity contribution in [2.45, 2.75) is 18.4 Å². The van der Waals surface area contributed by atoms with Gasteiger partial charge in [0, 0.05) is 18.7 Å². The minimum atomic E-state index is -3.59. The van der Waals surface area contributed by atoms with Gasteiger partial charge in [0.15, 0.2) is 0 Å². The molecule has 28 heavy (non-hydrogen) atoms. The van der Waals surface area contributed by atoms with Crippen molar-refractivity contribution >= 4 is 16.0 Å². The summed E-state index contributed by atoms with van der Waals surface area (Å²) < 4.78 is 42.7. The molecule has 0 unspecified atom stereocenters. The Morgan fingerprint density at radius 3 is 2.43 bits per heavy atom. The summed E-state index contributed by atoms with van der Waals surface area (Å²) in [6.07, 6.45) is 0. The Kier molecular flexibility index (Phi) is 6.66. The molecule has 0 saturated carbocycles. The maximum atomic E-state index is 12.6. The van der Waals surface area contributed by atoms with Gasteiger partial charge >= 0.3 is 5.97 Å². The molecule has 2 aromatic carbocycles. The molecule has 1 aliphatic rings. The second kappa shape index (κ2) is 9.18. The number of benzene rings is 2. The van der Waals surface area contributed by atoms with Crippen LogP contribution in [0.5, 0.6) is 5.75 Å². The van der Waals surface area contributed by atoms with E-state index >= 15 is 0 Å². The van der Waals surface area contributed by atoms with Crippen LogP contribution in [0.2, 0.25) is 0 Å². The quantitative estimate of drug-likeness (QED) is 0.658. The zero-order valence-corrected chi connectivity index (χ0v) is 16.5. The average Bonchev–Trinajstić information content (AvgIpc) is 2.74. The summed E-state index contributed by atoms with van der Waals surface area (Å²) in [4.78, 5) is 12.5. The van der Waals surface area contributed by atoms with Crippen molar-refractivity contribution in [2.75, 3.05) is 32.9 Å². The number of ether oxygens (including phenoxy) is 3. The third-order valence-electron chi connectivity index (χ3n) is 4.33. The molecular weight excluding hydrogens is 382 g/mol. The number of sulfonamides is 1. The molecule has 2 aromatic rings. The topological polar surface area (TPSA) is 82.1 Å². The molecule has 7 nitrogen and oxygen atoms in total. The predicted octanol–water partition coefficient (Wildman–Crippen LogP) is 2.46. The van der Waals surface area contributed by atoms with Crippen molar-refractivity contribution in [2.24, 2.45) is 0 Å². The second-order valence-corrected chi connectivity index (χ2v) is 8.10. The van der Waals surface area contributed by atoms with Gasteiger partial charge in [0.05, 0.1) is 30.3 Å². The summed E-state index contributed by atoms with van der Waals surface area (Å²) in [6.45, 7) is 3.89. The van der Waals surface area contributed by atoms with Gasteiger partial charge in [-0.2, -0.15) is 4.31 Å². The van der Waals surface area contributed by atoms with Crippen molar-refractivity contribution in [3.63, 3.8) is 0 Å². The van der Waals surface area contributed by atoms with E-state index in [4.69, 9.17) is 14.2 Å². The standard InChI is InChI=1S/C20H23NO6S/c1-2-26-19-6-4-3-5-17(19)15-27-20(22)16-7-9-18(10-8-16)28(23,24)21-11-13-25-14-12-21/h3-10H,2,11-15H2,1H3. The van der Waals surface area contributed by atoms with Gasteiger partial charge in [0.1, 0.15) is 12.4 Å². The van der Waals surface area contributed by atoms with Crippen LogP contribution in [0.25, 0.3) is 0 Å². The number of morpholine rings is 1. The number of carbonyl (C=O) groups excluding carboxylic acids is 1. The van der Waals surface area contributed by atoms with Crippen LogP contribution in [-0.4, -0.2) is 51.6 Å². The molecule has 1 fully saturated rings. The van der Waals surface area contributed by atoms with Crippen LogP contribution in [0.15, 0.2) is 53.4 Å². The third kappa shape index (κ3) is 4.70. The van der Waals surface area contributed by atoms with Crippen molar-refractivity contribution in [3.05, 3.63) is 59.7 Å². The SMILES string of the molecule is CCOc1ccccc1COC(=O)c1ccc(S(=O)(=O)N2CCOCC2)cc1. The lowest BCUT2D eigenvalue weighted by atomic mass is 10.2. The normalized spacial score (nSPS) is 15.2. The average molecular weight is 405 g/mol. The molecule has 0 aliphatic carbocycles. The number of hydrogen-bond acceptors (Lipinski definition) is 6. The highest BCUT2D eigenvalue weighted by atomic mass is 32.2.